The minimum absolute atomic E-state index is 0.00638. The molecule has 24 heavy (non-hydrogen) atoms. The number of amides is 1. The van der Waals surface area contributed by atoms with E-state index in [9.17, 15) is 19.1 Å². The number of hydrogen-bond acceptors (Lipinski definition) is 3. The van der Waals surface area contributed by atoms with Crippen molar-refractivity contribution >= 4 is 23.5 Å². The highest BCUT2D eigenvalue weighted by Crippen LogP contribution is 2.36. The van der Waals surface area contributed by atoms with Gasteiger partial charge < -0.3 is 15.2 Å². The standard InChI is InChI=1S/C17H19ClFNO4/c1-2-3-4-14(17(22)23)20-16(21)11-7-8-24-15(11)10-5-6-12(18)13(19)9-10/h2,5-6,9,11,14-15H,1,3-4,7-8H2,(H,20,21)(H,22,23)/t11-,14?,15+/m1/s1. The van der Waals surface area contributed by atoms with Crippen molar-refractivity contribution in [2.24, 2.45) is 5.92 Å². The van der Waals surface area contributed by atoms with Crippen molar-refractivity contribution < 1.29 is 23.8 Å². The average molecular weight is 356 g/mol. The van der Waals surface area contributed by atoms with Gasteiger partial charge in [0.15, 0.2) is 0 Å². The van der Waals surface area contributed by atoms with Crippen LogP contribution in [0.1, 0.15) is 30.9 Å². The highest BCUT2D eigenvalue weighted by atomic mass is 35.5. The summed E-state index contributed by atoms with van der Waals surface area (Å²) in [6.07, 6.45) is 2.16. The minimum Gasteiger partial charge on any atom is -0.480 e. The molecule has 7 heteroatoms. The second kappa shape index (κ2) is 8.26. The quantitative estimate of drug-likeness (QED) is 0.737. The SMILES string of the molecule is C=CCCC(NC(=O)[C@@H]1CCO[C@H]1c1ccc(Cl)c(F)c1)C(=O)O. The number of carbonyl (C=O) groups excluding carboxylic acids is 1. The Labute approximate surface area is 144 Å². The van der Waals surface area contributed by atoms with Gasteiger partial charge in [-0.3, -0.25) is 4.79 Å². The number of halogens is 2. The molecular formula is C17H19ClFNO4. The van der Waals surface area contributed by atoms with E-state index in [0.29, 0.717) is 25.0 Å². The number of aliphatic carboxylic acids is 1. The van der Waals surface area contributed by atoms with Crippen molar-refractivity contribution in [3.63, 3.8) is 0 Å². The summed E-state index contributed by atoms with van der Waals surface area (Å²) in [7, 11) is 0. The monoisotopic (exact) mass is 355 g/mol. The van der Waals surface area contributed by atoms with Crippen LogP contribution in [0, 0.1) is 11.7 Å². The third-order valence-electron chi connectivity index (χ3n) is 3.97. The Bertz CT molecular complexity index is 637. The lowest BCUT2D eigenvalue weighted by atomic mass is 9.94. The normalized spacial score (nSPS) is 21.2. The van der Waals surface area contributed by atoms with Gasteiger partial charge in [-0.2, -0.15) is 0 Å². The van der Waals surface area contributed by atoms with E-state index in [-0.39, 0.29) is 11.4 Å². The lowest BCUT2D eigenvalue weighted by Gasteiger charge is -2.21. The van der Waals surface area contributed by atoms with E-state index in [0.717, 1.165) is 0 Å². The number of rotatable bonds is 7. The molecule has 2 rings (SSSR count). The van der Waals surface area contributed by atoms with E-state index < -0.39 is 35.8 Å². The van der Waals surface area contributed by atoms with Crippen LogP contribution in [0.25, 0.3) is 0 Å². The summed E-state index contributed by atoms with van der Waals surface area (Å²) in [6, 6.07) is 3.27. The molecular weight excluding hydrogens is 337 g/mol. The zero-order chi connectivity index (χ0) is 17.7. The molecule has 130 valence electrons. The van der Waals surface area contributed by atoms with Gasteiger partial charge in [0.25, 0.3) is 0 Å². The van der Waals surface area contributed by atoms with Gasteiger partial charge in [-0.1, -0.05) is 23.7 Å². The van der Waals surface area contributed by atoms with Crippen LogP contribution < -0.4 is 5.32 Å². The molecule has 0 aromatic heterocycles. The van der Waals surface area contributed by atoms with E-state index in [1.807, 2.05) is 0 Å². The van der Waals surface area contributed by atoms with Crippen molar-refractivity contribution in [3.05, 3.63) is 47.3 Å². The molecule has 0 spiro atoms. The van der Waals surface area contributed by atoms with E-state index in [1.165, 1.54) is 12.1 Å². The minimum atomic E-state index is -1.10. The summed E-state index contributed by atoms with van der Waals surface area (Å²) in [5.74, 6) is -2.67. The largest absolute Gasteiger partial charge is 0.480 e. The van der Waals surface area contributed by atoms with E-state index in [2.05, 4.69) is 11.9 Å². The molecule has 3 atom stereocenters. The number of allylic oxidation sites excluding steroid dienone is 1. The van der Waals surface area contributed by atoms with Gasteiger partial charge in [-0.15, -0.1) is 6.58 Å². The van der Waals surface area contributed by atoms with Crippen LogP contribution in [-0.4, -0.2) is 29.6 Å². The first kappa shape index (κ1) is 18.4. The lowest BCUT2D eigenvalue weighted by Crippen LogP contribution is -2.44. The molecule has 5 nitrogen and oxygen atoms in total. The molecule has 1 unspecified atom stereocenters. The smallest absolute Gasteiger partial charge is 0.326 e. The van der Waals surface area contributed by atoms with Gasteiger partial charge >= 0.3 is 5.97 Å². The van der Waals surface area contributed by atoms with Crippen molar-refractivity contribution in [1.29, 1.82) is 0 Å². The Morgan fingerprint density at radius 3 is 2.92 bits per heavy atom. The summed E-state index contributed by atoms with van der Waals surface area (Å²) >= 11 is 5.67. The Morgan fingerprint density at radius 2 is 2.29 bits per heavy atom. The van der Waals surface area contributed by atoms with Gasteiger partial charge in [0.05, 0.1) is 17.0 Å². The lowest BCUT2D eigenvalue weighted by molar-refractivity contribution is -0.143. The molecule has 0 aliphatic carbocycles. The van der Waals surface area contributed by atoms with Crippen LogP contribution >= 0.6 is 11.6 Å². The predicted molar refractivity (Wildman–Crippen MR) is 87.2 cm³/mol. The van der Waals surface area contributed by atoms with Crippen molar-refractivity contribution in [2.45, 2.75) is 31.4 Å². The van der Waals surface area contributed by atoms with Crippen molar-refractivity contribution in [1.82, 2.24) is 5.32 Å². The fourth-order valence-corrected chi connectivity index (χ4v) is 2.81. The molecule has 0 bridgehead atoms. The van der Waals surface area contributed by atoms with Gasteiger partial charge in [0, 0.05) is 6.61 Å². The third kappa shape index (κ3) is 4.33. The highest BCUT2D eigenvalue weighted by molar-refractivity contribution is 6.30. The fourth-order valence-electron chi connectivity index (χ4n) is 2.70. The number of nitrogens with one attached hydrogen (secondary N) is 1. The Morgan fingerprint density at radius 1 is 1.54 bits per heavy atom. The van der Waals surface area contributed by atoms with Gasteiger partial charge in [0.2, 0.25) is 5.91 Å². The first-order chi connectivity index (χ1) is 11.4. The van der Waals surface area contributed by atoms with Gasteiger partial charge in [-0.25, -0.2) is 9.18 Å². The third-order valence-corrected chi connectivity index (χ3v) is 4.28. The number of carbonyl (C=O) groups is 2. The van der Waals surface area contributed by atoms with Crippen molar-refractivity contribution in [2.75, 3.05) is 6.61 Å². The zero-order valence-electron chi connectivity index (χ0n) is 13.0. The topological polar surface area (TPSA) is 75.6 Å². The molecule has 0 saturated carbocycles. The van der Waals surface area contributed by atoms with Crippen LogP contribution in [0.3, 0.4) is 0 Å². The molecule has 1 heterocycles. The van der Waals surface area contributed by atoms with Crippen LogP contribution in [0.4, 0.5) is 4.39 Å². The summed E-state index contributed by atoms with van der Waals surface area (Å²) in [4.78, 5) is 23.7. The summed E-state index contributed by atoms with van der Waals surface area (Å²) < 4.78 is 19.2. The highest BCUT2D eigenvalue weighted by Gasteiger charge is 2.37. The maximum atomic E-state index is 13.6. The van der Waals surface area contributed by atoms with Gasteiger partial charge in [0.1, 0.15) is 11.9 Å². The average Bonchev–Trinajstić information content (AvgIpc) is 3.03. The Hall–Kier alpha value is -1.92. The molecule has 1 amide bonds. The maximum Gasteiger partial charge on any atom is 0.326 e. The van der Waals surface area contributed by atoms with E-state index >= 15 is 0 Å². The predicted octanol–water partition coefficient (Wildman–Crippen LogP) is 3.09. The summed E-state index contributed by atoms with van der Waals surface area (Å²) in [6.45, 7) is 3.89. The summed E-state index contributed by atoms with van der Waals surface area (Å²) in [5, 5.41) is 11.7. The van der Waals surface area contributed by atoms with Crippen LogP contribution in [-0.2, 0) is 14.3 Å². The zero-order valence-corrected chi connectivity index (χ0v) is 13.8. The molecule has 1 aliphatic heterocycles. The van der Waals surface area contributed by atoms with E-state index in [1.54, 1.807) is 12.1 Å². The number of carboxylic acid groups (broad SMARTS) is 1. The second-order valence-electron chi connectivity index (χ2n) is 5.63. The fraction of sp³-hybridized carbons (Fsp3) is 0.412. The van der Waals surface area contributed by atoms with Crippen LogP contribution in [0.2, 0.25) is 5.02 Å². The number of ether oxygens (including phenoxy) is 1. The van der Waals surface area contributed by atoms with E-state index in [4.69, 9.17) is 16.3 Å². The number of carboxylic acids is 1. The molecule has 1 fully saturated rings. The Balaban J connectivity index is 2.10. The number of hydrogen-bond donors (Lipinski definition) is 2. The molecule has 0 radical (unpaired) electrons. The van der Waals surface area contributed by atoms with Gasteiger partial charge in [-0.05, 0) is 37.0 Å². The van der Waals surface area contributed by atoms with Crippen LogP contribution in [0.15, 0.2) is 30.9 Å². The number of benzene rings is 1. The molecule has 2 N–H and O–H groups in total. The Kier molecular flexibility index (Phi) is 6.34. The maximum absolute atomic E-state index is 13.6. The summed E-state index contributed by atoms with van der Waals surface area (Å²) in [5.41, 5.74) is 0.507. The second-order valence-corrected chi connectivity index (χ2v) is 6.03. The molecule has 1 aliphatic rings. The first-order valence-corrected chi connectivity index (χ1v) is 8.02. The first-order valence-electron chi connectivity index (χ1n) is 7.64. The van der Waals surface area contributed by atoms with Crippen molar-refractivity contribution in [3.8, 4) is 0 Å². The molecule has 1 saturated heterocycles. The van der Waals surface area contributed by atoms with Crippen LogP contribution in [0.5, 0.6) is 0 Å². The molecule has 1 aromatic rings. The molecule has 1 aromatic carbocycles.